The number of allylic oxidation sites excluding steroid dienone is 24. The molecule has 0 N–H and O–H groups in total. The van der Waals surface area contributed by atoms with Crippen LogP contribution in [0.25, 0.3) is 0 Å². The largest absolute Gasteiger partial charge is 0.278 e. The second kappa shape index (κ2) is 36.3. The van der Waals surface area contributed by atoms with Crippen molar-refractivity contribution in [2.75, 3.05) is 57.5 Å². The Hall–Kier alpha value is -4.56. The lowest BCUT2D eigenvalue weighted by molar-refractivity contribution is 0.386. The van der Waals surface area contributed by atoms with E-state index in [9.17, 15) is 67.3 Å². The third-order valence-electron chi connectivity index (χ3n) is 11.4. The minimum Gasteiger partial charge on any atom is -0.228 e. The zero-order valence-electron chi connectivity index (χ0n) is 49.3. The highest BCUT2D eigenvalue weighted by molar-refractivity contribution is 8.26. The molecule has 0 bridgehead atoms. The first-order chi connectivity index (χ1) is 37.9. The Labute approximate surface area is 495 Å². The van der Waals surface area contributed by atoms with Gasteiger partial charge in [-0.25, -0.2) is 67.3 Å². The fourth-order valence-corrected chi connectivity index (χ4v) is 33.7. The van der Waals surface area contributed by atoms with Gasteiger partial charge in [0.15, 0.2) is 78.7 Å². The zero-order chi connectivity index (χ0) is 63.7. The molecule has 0 aromatic carbocycles. The van der Waals surface area contributed by atoms with Crippen molar-refractivity contribution >= 4 is 78.7 Å². The molecule has 0 heterocycles. The molecule has 82 heavy (non-hydrogen) atoms. The Morgan fingerprint density at radius 1 is 0.220 bits per heavy atom. The van der Waals surface area contributed by atoms with Gasteiger partial charge in [-0.2, -0.15) is 0 Å². The van der Waals surface area contributed by atoms with Crippen LogP contribution in [0.4, 0.5) is 0 Å². The van der Waals surface area contributed by atoms with Crippen LogP contribution in [-0.4, -0.2) is 132 Å². The number of sulfone groups is 8. The fraction of sp³-hybridized carbons (Fsp3) is 0.448. The van der Waals surface area contributed by atoms with Gasteiger partial charge in [-0.05, 0) is 55.4 Å². The molecule has 0 aliphatic rings. The van der Waals surface area contributed by atoms with Crippen LogP contribution < -0.4 is 0 Å². The van der Waals surface area contributed by atoms with Crippen molar-refractivity contribution in [2.24, 2.45) is 10.8 Å². The molecule has 0 unspecified atom stereocenters. The summed E-state index contributed by atoms with van der Waals surface area (Å²) in [5, 5.41) is 0. The number of hydrogen-bond donors (Lipinski definition) is 0. The summed E-state index contributed by atoms with van der Waals surface area (Å²) in [6.45, 7) is 17.9. The zero-order valence-corrected chi connectivity index (χ0v) is 55.9. The van der Waals surface area contributed by atoms with E-state index < -0.39 is 154 Å². The average molecular weight is 1300 g/mol. The van der Waals surface area contributed by atoms with E-state index >= 15 is 0 Å². The van der Waals surface area contributed by atoms with Crippen LogP contribution in [0.1, 0.15) is 83.1 Å². The van der Waals surface area contributed by atoms with Crippen LogP contribution in [0.5, 0.6) is 0 Å². The predicted octanol–water partition coefficient (Wildman–Crippen LogP) is 9.71. The van der Waals surface area contributed by atoms with Gasteiger partial charge in [0.2, 0.25) is 0 Å². The third kappa shape index (κ3) is 22.8. The maximum atomic E-state index is 14.2. The molecule has 0 aromatic heterocycles. The number of rotatable bonds is 36. The Morgan fingerprint density at radius 2 is 0.354 bits per heavy atom. The molecule has 0 saturated heterocycles. The van der Waals surface area contributed by atoms with E-state index in [0.717, 1.165) is 64.2 Å². The highest BCUT2D eigenvalue weighted by Gasteiger charge is 2.73. The highest BCUT2D eigenvalue weighted by Crippen LogP contribution is 2.51. The monoisotopic (exact) mass is 1300 g/mol. The van der Waals surface area contributed by atoms with Gasteiger partial charge in [-0.3, -0.25) is 0 Å². The summed E-state index contributed by atoms with van der Waals surface area (Å²) in [5.74, 6) is -8.80. The fourth-order valence-electron chi connectivity index (χ4n) is 8.75. The van der Waals surface area contributed by atoms with Crippen molar-refractivity contribution in [1.82, 2.24) is 0 Å². The molecule has 0 aromatic rings. The molecular weight excluding hydrogens is 1210 g/mol. The van der Waals surface area contributed by atoms with Crippen LogP contribution in [0.3, 0.4) is 0 Å². The van der Waals surface area contributed by atoms with Crippen LogP contribution in [0, 0.1) is 10.8 Å². The van der Waals surface area contributed by atoms with Gasteiger partial charge in [0.05, 0.1) is 57.5 Å². The summed E-state index contributed by atoms with van der Waals surface area (Å²) in [7, 11) is -39.1. The summed E-state index contributed by atoms with van der Waals surface area (Å²) in [6.07, 6.45) is 45.8. The van der Waals surface area contributed by atoms with Crippen molar-refractivity contribution in [3.63, 3.8) is 0 Å². The van der Waals surface area contributed by atoms with Gasteiger partial charge in [-0.1, -0.05) is 222 Å². The molecule has 0 atom stereocenters. The second-order valence-electron chi connectivity index (χ2n) is 19.3. The van der Waals surface area contributed by atoms with Crippen molar-refractivity contribution in [2.45, 2.75) is 89.9 Å². The van der Waals surface area contributed by atoms with Crippen molar-refractivity contribution in [1.29, 1.82) is 0 Å². The minimum absolute atomic E-state index is 0.541. The maximum Gasteiger partial charge on any atom is 0.278 e. The maximum absolute atomic E-state index is 14.2. The van der Waals surface area contributed by atoms with Crippen LogP contribution in [0.15, 0.2) is 194 Å². The molecule has 0 amide bonds. The van der Waals surface area contributed by atoms with E-state index in [-0.39, 0.29) is 0 Å². The van der Waals surface area contributed by atoms with E-state index in [0.29, 0.717) is 0 Å². The molecule has 0 fully saturated rings. The second-order valence-corrected chi connectivity index (χ2v) is 38.1. The third-order valence-corrected chi connectivity index (χ3v) is 36.3. The first kappa shape index (κ1) is 79.5. The average Bonchev–Trinajstić information content (AvgIpc) is 3.34. The first-order valence-electron chi connectivity index (χ1n) is 25.9. The molecule has 0 rings (SSSR count). The quantitative estimate of drug-likeness (QED) is 0.0528. The smallest absolute Gasteiger partial charge is 0.228 e. The molecule has 0 saturated carbocycles. The van der Waals surface area contributed by atoms with E-state index in [4.69, 9.17) is 0 Å². The Morgan fingerprint density at radius 3 is 0.488 bits per heavy atom. The normalized spacial score (nSPS) is 16.7. The van der Waals surface area contributed by atoms with Gasteiger partial charge in [0.1, 0.15) is 0 Å². The minimum atomic E-state index is -5.12. The predicted molar refractivity (Wildman–Crippen MR) is 345 cm³/mol. The lowest BCUT2D eigenvalue weighted by Gasteiger charge is -2.43. The van der Waals surface area contributed by atoms with E-state index in [2.05, 4.69) is 0 Å². The molecule has 0 aliphatic carbocycles. The Balaban J connectivity index is 0. The van der Waals surface area contributed by atoms with Crippen molar-refractivity contribution in [3.8, 4) is 0 Å². The van der Waals surface area contributed by atoms with Gasteiger partial charge >= 0.3 is 0 Å². The highest BCUT2D eigenvalue weighted by atomic mass is 32.3. The molecule has 0 aliphatic heterocycles. The van der Waals surface area contributed by atoms with Gasteiger partial charge in [0, 0.05) is 10.8 Å². The van der Waals surface area contributed by atoms with Gasteiger partial charge in [-0.15, -0.1) is 0 Å². The molecule has 16 nitrogen and oxygen atoms in total. The molecule has 0 spiro atoms. The van der Waals surface area contributed by atoms with Crippen molar-refractivity contribution < 1.29 is 67.3 Å². The molecule has 464 valence electrons. The lowest BCUT2D eigenvalue weighted by atomic mass is 9.99. The summed E-state index contributed by atoms with van der Waals surface area (Å²) < 4.78 is 216. The number of hydrogen-bond acceptors (Lipinski definition) is 16. The summed E-state index contributed by atoms with van der Waals surface area (Å²) in [4.78, 5) is 0. The van der Waals surface area contributed by atoms with Crippen LogP contribution in [0.2, 0.25) is 0 Å². The summed E-state index contributed by atoms with van der Waals surface area (Å²) >= 11 is 0. The first-order valence-corrected chi connectivity index (χ1v) is 39.4. The van der Waals surface area contributed by atoms with Crippen molar-refractivity contribution in [3.05, 3.63) is 194 Å². The van der Waals surface area contributed by atoms with Crippen LogP contribution >= 0.6 is 0 Å². The summed E-state index contributed by atoms with van der Waals surface area (Å²) in [5.41, 5.74) is -4.65. The van der Waals surface area contributed by atoms with Gasteiger partial charge < -0.3 is 0 Å². The topological polar surface area (TPSA) is 273 Å². The lowest BCUT2D eigenvalue weighted by Crippen LogP contribution is -2.65. The molecular formula is C58H88O16S8. The molecule has 24 heteroatoms. The standard InChI is InChI=1S/2C29H44O8S4/c2*1-7-11-15-19-23-38(30,31)27-28(5,6)29(39(32,33)24-20-16-12-8-2,40(34,35)25-21-17-13-9-3)41(36,37)26-22-18-14-10-4/h2*7-22H,23-27H2,1-6H3. The Bertz CT molecular complexity index is 3000. The van der Waals surface area contributed by atoms with Gasteiger partial charge in [0.25, 0.3) is 6.82 Å². The van der Waals surface area contributed by atoms with Crippen LogP contribution in [-0.2, 0) is 78.7 Å². The van der Waals surface area contributed by atoms with E-state index in [1.807, 2.05) is 0 Å². The molecule has 0 radical (unpaired) electrons. The summed E-state index contributed by atoms with van der Waals surface area (Å²) in [6, 6.07) is 0. The SMILES string of the molecule is CC=CC=CCS(=O)(=O)CC(C)(C)C(S(=O)(=O)CC=CC=CC)(S(=O)(=O)CC=CC=CC)S(=O)(=O)CC=CC=CC.CC=CC=CCS(=O)(=O)CC(C)(C)C(S(=O)(=O)CC=CC=CC)(S(=O)(=O)CC=CC=CC)S(=O)(=O)CC=CC=CC. The van der Waals surface area contributed by atoms with E-state index in [1.165, 1.54) is 97.2 Å². The Kier molecular flexibility index (Phi) is 35.2. The van der Waals surface area contributed by atoms with E-state index in [1.54, 1.807) is 116 Å².